The summed E-state index contributed by atoms with van der Waals surface area (Å²) in [4.78, 5) is 4.98. The fourth-order valence-corrected chi connectivity index (χ4v) is 2.75. The minimum absolute atomic E-state index is 0.746. The van der Waals surface area contributed by atoms with Crippen molar-refractivity contribution in [2.24, 2.45) is 0 Å². The van der Waals surface area contributed by atoms with Crippen molar-refractivity contribution < 1.29 is 0 Å². The Morgan fingerprint density at radius 2 is 2.05 bits per heavy atom. The highest BCUT2D eigenvalue weighted by Gasteiger charge is 2.20. The molecule has 0 spiro atoms. The van der Waals surface area contributed by atoms with Gasteiger partial charge in [0.05, 0.1) is 0 Å². The quantitative estimate of drug-likeness (QED) is 0.794. The van der Waals surface area contributed by atoms with Gasteiger partial charge in [-0.25, -0.2) is 0 Å². The second-order valence-corrected chi connectivity index (χ2v) is 5.71. The predicted octanol–water partition coefficient (Wildman–Crippen LogP) is 2.51. The van der Waals surface area contributed by atoms with Crippen LogP contribution < -0.4 is 5.32 Å². The summed E-state index contributed by atoms with van der Waals surface area (Å²) in [7, 11) is 4.40. The number of nitrogens with one attached hydrogen (secondary N) is 1. The maximum Gasteiger partial charge on any atom is 0.0340 e. The fourth-order valence-electron chi connectivity index (χ4n) is 2.75. The molecule has 1 aliphatic rings. The maximum atomic E-state index is 3.48. The Hall–Kier alpha value is -1.06. The summed E-state index contributed by atoms with van der Waals surface area (Å²) < 4.78 is 0. The Kier molecular flexibility index (Phi) is 5.67. The smallest absolute Gasteiger partial charge is 0.0340 e. The molecule has 1 saturated heterocycles. The van der Waals surface area contributed by atoms with Crippen molar-refractivity contribution in [3.63, 3.8) is 0 Å². The van der Waals surface area contributed by atoms with Gasteiger partial charge in [0.1, 0.15) is 0 Å². The van der Waals surface area contributed by atoms with Crippen LogP contribution in [0.2, 0.25) is 0 Å². The molecule has 0 radical (unpaired) electrons. The van der Waals surface area contributed by atoms with E-state index in [9.17, 15) is 0 Å². The number of rotatable bonds is 6. The predicted molar refractivity (Wildman–Crippen MR) is 82.7 cm³/mol. The highest BCUT2D eigenvalue weighted by atomic mass is 15.2. The molecule has 1 heterocycles. The molecule has 1 aromatic rings. The minimum Gasteiger partial charge on any atom is -0.385 e. The molecular weight excluding hydrogens is 234 g/mol. The molecule has 19 heavy (non-hydrogen) atoms. The molecular formula is C16H27N3. The molecule has 1 unspecified atom stereocenters. The SMILES string of the molecule is CN(C)C1CCCN(CCCNc2ccccc2)C1. The number of hydrogen-bond donors (Lipinski definition) is 1. The van der Waals surface area contributed by atoms with Gasteiger partial charge in [0.2, 0.25) is 0 Å². The summed E-state index contributed by atoms with van der Waals surface area (Å²) in [5.41, 5.74) is 1.23. The average molecular weight is 261 g/mol. The van der Waals surface area contributed by atoms with Gasteiger partial charge in [0.25, 0.3) is 0 Å². The van der Waals surface area contributed by atoms with Crippen LogP contribution in [0.4, 0.5) is 5.69 Å². The first-order valence-electron chi connectivity index (χ1n) is 7.43. The van der Waals surface area contributed by atoms with Gasteiger partial charge in [-0.15, -0.1) is 0 Å². The number of piperidine rings is 1. The van der Waals surface area contributed by atoms with Gasteiger partial charge in [-0.2, -0.15) is 0 Å². The third kappa shape index (κ3) is 4.84. The van der Waals surface area contributed by atoms with E-state index in [1.807, 2.05) is 0 Å². The van der Waals surface area contributed by atoms with E-state index < -0.39 is 0 Å². The number of benzene rings is 1. The molecule has 1 aromatic carbocycles. The summed E-state index contributed by atoms with van der Waals surface area (Å²) in [6, 6.07) is 11.2. The lowest BCUT2D eigenvalue weighted by atomic mass is 10.0. The lowest BCUT2D eigenvalue weighted by Gasteiger charge is -2.36. The van der Waals surface area contributed by atoms with Crippen molar-refractivity contribution in [2.45, 2.75) is 25.3 Å². The molecule has 0 amide bonds. The van der Waals surface area contributed by atoms with Gasteiger partial charge in [-0.3, -0.25) is 0 Å². The van der Waals surface area contributed by atoms with E-state index in [0.717, 1.165) is 12.6 Å². The van der Waals surface area contributed by atoms with Crippen molar-refractivity contribution in [3.8, 4) is 0 Å². The second kappa shape index (κ2) is 7.51. The molecule has 106 valence electrons. The van der Waals surface area contributed by atoms with Crippen molar-refractivity contribution in [2.75, 3.05) is 45.6 Å². The first kappa shape index (κ1) is 14.4. The summed E-state index contributed by atoms with van der Waals surface area (Å²) >= 11 is 0. The van der Waals surface area contributed by atoms with Crippen LogP contribution in [0, 0.1) is 0 Å². The largest absolute Gasteiger partial charge is 0.385 e. The maximum absolute atomic E-state index is 3.48. The van der Waals surface area contributed by atoms with Crippen molar-refractivity contribution in [1.82, 2.24) is 9.80 Å². The molecule has 0 aliphatic carbocycles. The van der Waals surface area contributed by atoms with E-state index in [4.69, 9.17) is 0 Å². The third-order valence-electron chi connectivity index (χ3n) is 3.96. The van der Waals surface area contributed by atoms with E-state index in [2.05, 4.69) is 59.5 Å². The minimum atomic E-state index is 0.746. The molecule has 3 heteroatoms. The number of nitrogens with zero attached hydrogens (tertiary/aromatic N) is 2. The van der Waals surface area contributed by atoms with Crippen LogP contribution in [0.25, 0.3) is 0 Å². The lowest BCUT2D eigenvalue weighted by Crippen LogP contribution is -2.45. The van der Waals surface area contributed by atoms with Crippen molar-refractivity contribution in [3.05, 3.63) is 30.3 Å². The zero-order chi connectivity index (χ0) is 13.5. The highest BCUT2D eigenvalue weighted by molar-refractivity contribution is 5.42. The van der Waals surface area contributed by atoms with E-state index in [1.165, 1.54) is 44.6 Å². The van der Waals surface area contributed by atoms with Crippen molar-refractivity contribution in [1.29, 1.82) is 0 Å². The summed E-state index contributed by atoms with van der Waals surface area (Å²) in [6.07, 6.45) is 3.91. The van der Waals surface area contributed by atoms with Crippen LogP contribution in [0.3, 0.4) is 0 Å². The van der Waals surface area contributed by atoms with E-state index in [1.54, 1.807) is 0 Å². The molecule has 2 rings (SSSR count). The number of likely N-dealkylation sites (N-methyl/N-ethyl adjacent to an activating group) is 1. The number of hydrogen-bond acceptors (Lipinski definition) is 3. The number of likely N-dealkylation sites (tertiary alicyclic amines) is 1. The van der Waals surface area contributed by atoms with Crippen LogP contribution in [-0.4, -0.2) is 56.1 Å². The molecule has 1 N–H and O–H groups in total. The Balaban J connectivity index is 1.63. The lowest BCUT2D eigenvalue weighted by molar-refractivity contribution is 0.133. The third-order valence-corrected chi connectivity index (χ3v) is 3.96. The molecule has 1 aliphatic heterocycles. The van der Waals surface area contributed by atoms with Crippen LogP contribution in [0.15, 0.2) is 30.3 Å². The zero-order valence-corrected chi connectivity index (χ0v) is 12.3. The average Bonchev–Trinajstić information content (AvgIpc) is 2.45. The number of anilines is 1. The van der Waals surface area contributed by atoms with Crippen LogP contribution in [-0.2, 0) is 0 Å². The van der Waals surface area contributed by atoms with Gasteiger partial charge in [0.15, 0.2) is 0 Å². The van der Waals surface area contributed by atoms with Gasteiger partial charge < -0.3 is 15.1 Å². The van der Waals surface area contributed by atoms with Crippen LogP contribution >= 0.6 is 0 Å². The summed E-state index contributed by atoms with van der Waals surface area (Å²) in [5.74, 6) is 0. The van der Waals surface area contributed by atoms with Gasteiger partial charge in [-0.1, -0.05) is 18.2 Å². The zero-order valence-electron chi connectivity index (χ0n) is 12.3. The van der Waals surface area contributed by atoms with Gasteiger partial charge in [-0.05, 0) is 58.6 Å². The van der Waals surface area contributed by atoms with Crippen LogP contribution in [0.5, 0.6) is 0 Å². The highest BCUT2D eigenvalue weighted by Crippen LogP contribution is 2.14. The molecule has 1 atom stereocenters. The van der Waals surface area contributed by atoms with Gasteiger partial charge >= 0.3 is 0 Å². The summed E-state index contributed by atoms with van der Waals surface area (Å²) in [5, 5.41) is 3.48. The van der Waals surface area contributed by atoms with Crippen molar-refractivity contribution >= 4 is 5.69 Å². The number of para-hydroxylation sites is 1. The molecule has 0 bridgehead atoms. The topological polar surface area (TPSA) is 18.5 Å². The Morgan fingerprint density at radius 1 is 1.26 bits per heavy atom. The fraction of sp³-hybridized carbons (Fsp3) is 0.625. The van der Waals surface area contributed by atoms with Gasteiger partial charge in [0, 0.05) is 24.8 Å². The Bertz CT molecular complexity index is 350. The first-order valence-corrected chi connectivity index (χ1v) is 7.43. The molecule has 1 fully saturated rings. The van der Waals surface area contributed by atoms with E-state index in [0.29, 0.717) is 0 Å². The monoisotopic (exact) mass is 261 g/mol. The standard InChI is InChI=1S/C16H27N3/c1-18(2)16-10-6-12-19(14-16)13-7-11-17-15-8-4-3-5-9-15/h3-5,8-9,16-17H,6-7,10-14H2,1-2H3. The molecule has 0 aromatic heterocycles. The second-order valence-electron chi connectivity index (χ2n) is 5.71. The molecule has 0 saturated carbocycles. The summed E-state index contributed by atoms with van der Waals surface area (Å²) in [6.45, 7) is 4.78. The Morgan fingerprint density at radius 3 is 2.79 bits per heavy atom. The molecule has 3 nitrogen and oxygen atoms in total. The van der Waals surface area contributed by atoms with E-state index in [-0.39, 0.29) is 0 Å². The Labute approximate surface area is 117 Å². The van der Waals surface area contributed by atoms with Crippen LogP contribution in [0.1, 0.15) is 19.3 Å². The van der Waals surface area contributed by atoms with E-state index >= 15 is 0 Å². The first-order chi connectivity index (χ1) is 9.25. The normalized spacial score (nSPS) is 20.7.